The van der Waals surface area contributed by atoms with Crippen molar-refractivity contribution in [2.75, 3.05) is 38.8 Å². The molecule has 0 amide bonds. The van der Waals surface area contributed by atoms with Gasteiger partial charge >= 0.3 is 5.97 Å². The van der Waals surface area contributed by atoms with E-state index in [2.05, 4.69) is 54.1 Å². The lowest BCUT2D eigenvalue weighted by molar-refractivity contribution is -0.183. The van der Waals surface area contributed by atoms with E-state index in [4.69, 9.17) is 9.47 Å². The maximum Gasteiger partial charge on any atom is 0.315 e. The Morgan fingerprint density at radius 2 is 2.19 bits per heavy atom. The van der Waals surface area contributed by atoms with Gasteiger partial charge in [-0.05, 0) is 31.4 Å². The molecule has 4 fully saturated rings. The lowest BCUT2D eigenvalue weighted by Gasteiger charge is -2.66. The number of piperidine rings is 2. The Morgan fingerprint density at radius 1 is 1.37 bits per heavy atom. The number of nitrogens with zero attached hydrogens (tertiary/aromatic N) is 2. The van der Waals surface area contributed by atoms with Crippen LogP contribution in [0.5, 0.6) is 0 Å². The summed E-state index contributed by atoms with van der Waals surface area (Å²) in [7, 11) is 3.70. The van der Waals surface area contributed by atoms with Gasteiger partial charge in [-0.3, -0.25) is 9.69 Å². The zero-order valence-electron chi connectivity index (χ0n) is 16.2. The van der Waals surface area contributed by atoms with Gasteiger partial charge in [-0.15, -0.1) is 0 Å². The predicted octanol–water partition coefficient (Wildman–Crippen LogP) is 2.31. The van der Waals surface area contributed by atoms with E-state index in [1.54, 1.807) is 0 Å². The zero-order chi connectivity index (χ0) is 18.6. The van der Waals surface area contributed by atoms with E-state index in [9.17, 15) is 4.79 Å². The molecular formula is C22H26N2O3. The Bertz CT molecular complexity index is 897. The molecule has 1 unspecified atom stereocenters. The molecule has 5 aliphatic rings. The van der Waals surface area contributed by atoms with Crippen molar-refractivity contribution in [2.45, 2.75) is 36.9 Å². The van der Waals surface area contributed by atoms with E-state index in [1.807, 2.05) is 0 Å². The van der Waals surface area contributed by atoms with Crippen molar-refractivity contribution in [3.8, 4) is 0 Å². The number of hydrogen-bond donors (Lipinski definition) is 0. The molecule has 3 saturated heterocycles. The van der Waals surface area contributed by atoms with Crippen molar-refractivity contribution in [2.24, 2.45) is 11.3 Å². The number of esters is 1. The highest BCUT2D eigenvalue weighted by Gasteiger charge is 2.86. The fraction of sp³-hybridized carbons (Fsp3) is 0.591. The molecule has 4 aliphatic heterocycles. The second-order valence-corrected chi connectivity index (χ2v) is 8.82. The Balaban J connectivity index is 1.75. The number of methoxy groups -OCH3 is 1. The van der Waals surface area contributed by atoms with Crippen LogP contribution in [0.3, 0.4) is 0 Å². The first-order chi connectivity index (χ1) is 13.1. The molecule has 1 aromatic carbocycles. The number of carbonyl (C=O) groups excluding carboxylic acids is 1. The fourth-order valence-corrected chi connectivity index (χ4v) is 7.75. The van der Waals surface area contributed by atoms with Crippen molar-refractivity contribution in [1.29, 1.82) is 0 Å². The van der Waals surface area contributed by atoms with Gasteiger partial charge in [-0.1, -0.05) is 29.8 Å². The smallest absolute Gasteiger partial charge is 0.315 e. The lowest BCUT2D eigenvalue weighted by atomic mass is 9.43. The van der Waals surface area contributed by atoms with Crippen LogP contribution in [0.4, 0.5) is 5.69 Å². The first-order valence-electron chi connectivity index (χ1n) is 10.0. The van der Waals surface area contributed by atoms with Gasteiger partial charge < -0.3 is 14.4 Å². The van der Waals surface area contributed by atoms with Crippen LogP contribution in [0, 0.1) is 11.3 Å². The van der Waals surface area contributed by atoms with Crippen LogP contribution >= 0.6 is 0 Å². The summed E-state index contributed by atoms with van der Waals surface area (Å²) in [6.07, 6.45) is 4.13. The third-order valence-corrected chi connectivity index (χ3v) is 8.59. The molecular weight excluding hydrogens is 340 g/mol. The Labute approximate surface area is 159 Å². The Morgan fingerprint density at radius 3 is 2.96 bits per heavy atom. The molecule has 1 aromatic rings. The maximum atomic E-state index is 13.6. The highest BCUT2D eigenvalue weighted by Crippen LogP contribution is 2.76. The largest absolute Gasteiger partial charge is 0.468 e. The molecule has 1 saturated carbocycles. The summed E-state index contributed by atoms with van der Waals surface area (Å²) >= 11 is 0. The van der Waals surface area contributed by atoms with E-state index in [-0.39, 0.29) is 17.3 Å². The molecule has 4 heterocycles. The van der Waals surface area contributed by atoms with Gasteiger partial charge in [0, 0.05) is 31.7 Å². The van der Waals surface area contributed by atoms with Gasteiger partial charge in [-0.2, -0.15) is 0 Å². The Kier molecular flexibility index (Phi) is 2.84. The van der Waals surface area contributed by atoms with Crippen molar-refractivity contribution in [1.82, 2.24) is 4.90 Å². The summed E-state index contributed by atoms with van der Waals surface area (Å²) in [5.74, 6) is 0.0966. The first kappa shape index (κ1) is 16.1. The molecule has 0 aromatic heterocycles. The molecule has 6 rings (SSSR count). The number of anilines is 1. The van der Waals surface area contributed by atoms with Crippen LogP contribution in [0.2, 0.25) is 0 Å². The second kappa shape index (κ2) is 4.76. The molecule has 5 bridgehead atoms. The quantitative estimate of drug-likeness (QED) is 0.564. The minimum absolute atomic E-state index is 0.0902. The highest BCUT2D eigenvalue weighted by molar-refractivity contribution is 5.86. The van der Waals surface area contributed by atoms with Crippen molar-refractivity contribution in [3.63, 3.8) is 0 Å². The summed E-state index contributed by atoms with van der Waals surface area (Å²) in [5, 5.41) is 0. The second-order valence-electron chi connectivity index (χ2n) is 8.82. The zero-order valence-corrected chi connectivity index (χ0v) is 16.2. The molecule has 5 nitrogen and oxygen atoms in total. The number of hydrogen-bond acceptors (Lipinski definition) is 5. The van der Waals surface area contributed by atoms with Gasteiger partial charge in [0.05, 0.1) is 25.2 Å². The highest BCUT2D eigenvalue weighted by atomic mass is 16.6. The van der Waals surface area contributed by atoms with Crippen molar-refractivity contribution in [3.05, 3.63) is 41.5 Å². The number of carbonyl (C=O) groups is 1. The van der Waals surface area contributed by atoms with E-state index in [1.165, 1.54) is 23.9 Å². The Hall–Kier alpha value is -1.85. The number of para-hydroxylation sites is 1. The monoisotopic (exact) mass is 366 g/mol. The van der Waals surface area contributed by atoms with E-state index < -0.39 is 11.1 Å². The molecule has 0 N–H and O–H groups in total. The normalized spacial score (nSPS) is 45.1. The molecule has 0 spiro atoms. The number of allylic oxidation sites excluding steroid dienone is 1. The number of benzene rings is 1. The molecule has 5 atom stereocenters. The standard InChI is InChI=1S/C22H26N2O3/c1-4-14-12-24-10-9-21-15-7-5-6-8-17(15)23(2)22(21)18(24)11-16(14)20(21,13-27-22)19(25)26-3/h4-8,16,18H,9-13H2,1-3H3/t16-,18+,20?,21+,22-/m1/s1. The first-order valence-corrected chi connectivity index (χ1v) is 10.0. The molecule has 142 valence electrons. The summed E-state index contributed by atoms with van der Waals surface area (Å²) in [6, 6.07) is 8.92. The van der Waals surface area contributed by atoms with E-state index in [0.717, 1.165) is 25.9 Å². The number of fused-ring (bicyclic) bond motifs is 3. The number of rotatable bonds is 1. The minimum Gasteiger partial charge on any atom is -0.468 e. The van der Waals surface area contributed by atoms with Crippen LogP contribution in [-0.4, -0.2) is 56.5 Å². The van der Waals surface area contributed by atoms with Crippen LogP contribution in [0.25, 0.3) is 0 Å². The molecule has 5 heteroatoms. The third kappa shape index (κ3) is 1.34. The maximum absolute atomic E-state index is 13.6. The fourth-order valence-electron chi connectivity index (χ4n) is 7.75. The van der Waals surface area contributed by atoms with E-state index in [0.29, 0.717) is 12.6 Å². The third-order valence-electron chi connectivity index (χ3n) is 8.59. The van der Waals surface area contributed by atoms with Gasteiger partial charge in [0.15, 0.2) is 5.72 Å². The minimum atomic E-state index is -0.645. The molecule has 27 heavy (non-hydrogen) atoms. The van der Waals surface area contributed by atoms with Gasteiger partial charge in [0.25, 0.3) is 0 Å². The number of ether oxygens (including phenoxy) is 2. The molecule has 1 aliphatic carbocycles. The average Bonchev–Trinajstić information content (AvgIpc) is 3.09. The van der Waals surface area contributed by atoms with Crippen LogP contribution in [-0.2, 0) is 19.7 Å². The summed E-state index contributed by atoms with van der Waals surface area (Å²) in [6.45, 7) is 4.50. The van der Waals surface area contributed by atoms with Crippen LogP contribution < -0.4 is 4.90 Å². The summed E-state index contributed by atoms with van der Waals surface area (Å²) in [5.41, 5.74) is 2.40. The summed E-state index contributed by atoms with van der Waals surface area (Å²) < 4.78 is 12.3. The molecule has 0 radical (unpaired) electrons. The average molecular weight is 366 g/mol. The number of likely N-dealkylation sites (N-methyl/N-ethyl adjacent to an activating group) is 1. The van der Waals surface area contributed by atoms with Crippen molar-refractivity contribution >= 4 is 11.7 Å². The summed E-state index contributed by atoms with van der Waals surface area (Å²) in [4.78, 5) is 18.5. The van der Waals surface area contributed by atoms with Crippen molar-refractivity contribution < 1.29 is 14.3 Å². The lowest BCUT2D eigenvalue weighted by Crippen LogP contribution is -2.80. The topological polar surface area (TPSA) is 42.0 Å². The van der Waals surface area contributed by atoms with E-state index >= 15 is 0 Å². The predicted molar refractivity (Wildman–Crippen MR) is 101 cm³/mol. The van der Waals surface area contributed by atoms with Crippen LogP contribution in [0.1, 0.15) is 25.3 Å². The van der Waals surface area contributed by atoms with Gasteiger partial charge in [0.2, 0.25) is 0 Å². The van der Waals surface area contributed by atoms with Crippen LogP contribution in [0.15, 0.2) is 35.9 Å². The van der Waals surface area contributed by atoms with Gasteiger partial charge in [0.1, 0.15) is 5.41 Å². The van der Waals surface area contributed by atoms with Gasteiger partial charge in [-0.25, -0.2) is 0 Å². The SMILES string of the molecule is CC=C1CN2CC[C@@]34c5ccccc5N(C)[C@]35OCC4(C(=O)OC)[C@@H]1C[C@H]25.